The predicted octanol–water partition coefficient (Wildman–Crippen LogP) is 6.28. The molecule has 166 valence electrons. The number of pyridine rings is 1. The Morgan fingerprint density at radius 3 is 2.59 bits per heavy atom. The second kappa shape index (κ2) is 8.15. The summed E-state index contributed by atoms with van der Waals surface area (Å²) >= 11 is 7.53. The highest BCUT2D eigenvalue weighted by molar-refractivity contribution is 8.17. The van der Waals surface area contributed by atoms with Gasteiger partial charge in [-0.3, -0.25) is 9.35 Å². The Kier molecular flexibility index (Phi) is 5.79. The van der Waals surface area contributed by atoms with E-state index >= 15 is 0 Å². The summed E-state index contributed by atoms with van der Waals surface area (Å²) in [6, 6.07) is 15.6. The Bertz CT molecular complexity index is 1390. The van der Waals surface area contributed by atoms with Gasteiger partial charge in [-0.25, -0.2) is 14.4 Å². The van der Waals surface area contributed by atoms with E-state index in [9.17, 15) is 8.60 Å². The number of nitrogens with zero attached hydrogens (tertiary/aromatic N) is 2. The molecule has 0 spiro atoms. The van der Waals surface area contributed by atoms with E-state index < -0.39 is 15.1 Å². The van der Waals surface area contributed by atoms with E-state index in [1.54, 1.807) is 23.6 Å². The van der Waals surface area contributed by atoms with E-state index in [2.05, 4.69) is 18.0 Å². The van der Waals surface area contributed by atoms with Gasteiger partial charge < -0.3 is 0 Å². The smallest absolute Gasteiger partial charge is 0.141 e. The minimum absolute atomic E-state index is 0.137. The second-order valence-corrected chi connectivity index (χ2v) is 13.1. The van der Waals surface area contributed by atoms with Crippen molar-refractivity contribution in [1.29, 1.82) is 0 Å². The number of rotatable bonds is 5. The lowest BCUT2D eigenvalue weighted by atomic mass is 10.1. The number of hydrogen-bond acceptors (Lipinski definition) is 4. The molecule has 0 fully saturated rings. The van der Waals surface area contributed by atoms with Gasteiger partial charge in [-0.1, -0.05) is 42.3 Å². The number of nitrogens with two attached hydrogens (primary N) is 1. The lowest BCUT2D eigenvalue weighted by Crippen LogP contribution is -2.42. The first kappa shape index (κ1) is 22.7. The van der Waals surface area contributed by atoms with Gasteiger partial charge >= 0.3 is 0 Å². The Morgan fingerprint density at radius 2 is 1.91 bits per heavy atom. The molecular weight excluding hydrogens is 465 g/mol. The number of aryl methyl sites for hydroxylation is 2. The highest BCUT2D eigenvalue weighted by Crippen LogP contribution is 2.41. The molecule has 0 amide bonds. The molecule has 2 N–H and O–H groups in total. The standard InChI is InChI=1S/C24H23ClFN3OS2/c1-4-21-29-23(16-7-5-6-15(2)12-16)24(31-21)17-10-11-28-22(13-17)32(3,27,30)18-8-9-20(26)19(25)14-18/h5-14H,4H2,1-3H3,(H2,27,30). The zero-order valence-electron chi connectivity index (χ0n) is 17.9. The third-order valence-electron chi connectivity index (χ3n) is 5.26. The SMILES string of the molecule is CCc1nc(-c2cccc(C)c2)c(-c2ccnc(S(C)(N)(=O)c3ccc(F)c(Cl)c3)c2)s1. The van der Waals surface area contributed by atoms with Crippen LogP contribution in [-0.4, -0.2) is 20.4 Å². The monoisotopic (exact) mass is 487 g/mol. The zero-order valence-corrected chi connectivity index (χ0v) is 20.3. The summed E-state index contributed by atoms with van der Waals surface area (Å²) in [6.07, 6.45) is 3.82. The largest absolute Gasteiger partial charge is 0.263 e. The van der Waals surface area contributed by atoms with E-state index in [0.29, 0.717) is 0 Å². The quantitative estimate of drug-likeness (QED) is 0.360. The van der Waals surface area contributed by atoms with Gasteiger partial charge in [-0.2, -0.15) is 0 Å². The Labute approximate surface area is 195 Å². The maximum Gasteiger partial charge on any atom is 0.141 e. The summed E-state index contributed by atoms with van der Waals surface area (Å²) in [5.41, 5.74) is 3.85. The molecule has 0 saturated carbocycles. The summed E-state index contributed by atoms with van der Waals surface area (Å²) in [4.78, 5) is 10.4. The molecule has 4 nitrogen and oxygen atoms in total. The molecule has 0 atom stereocenters. The van der Waals surface area contributed by atoms with Crippen LogP contribution in [0.25, 0.3) is 21.7 Å². The zero-order chi connectivity index (χ0) is 23.1. The lowest BCUT2D eigenvalue weighted by molar-refractivity contribution is 0.625. The van der Waals surface area contributed by atoms with Crippen LogP contribution < -0.4 is 5.14 Å². The Balaban J connectivity index is 1.88. The molecule has 2 aromatic carbocycles. The van der Waals surface area contributed by atoms with Gasteiger partial charge in [0.25, 0.3) is 0 Å². The van der Waals surface area contributed by atoms with Crippen LogP contribution in [0.2, 0.25) is 5.02 Å². The second-order valence-electron chi connectivity index (χ2n) is 7.88. The van der Waals surface area contributed by atoms with E-state index in [0.717, 1.165) is 44.8 Å². The molecule has 8 heteroatoms. The van der Waals surface area contributed by atoms with Crippen molar-refractivity contribution in [2.45, 2.75) is 30.2 Å². The van der Waals surface area contributed by atoms with Gasteiger partial charge in [0.1, 0.15) is 10.8 Å². The van der Waals surface area contributed by atoms with Crippen molar-refractivity contribution in [1.82, 2.24) is 9.97 Å². The van der Waals surface area contributed by atoms with Crippen LogP contribution in [0, 0.1) is 12.7 Å². The summed E-state index contributed by atoms with van der Waals surface area (Å²) < 4.78 is 27.7. The number of thiazole rings is 1. The van der Waals surface area contributed by atoms with Crippen molar-refractivity contribution in [2.75, 3.05) is 6.26 Å². The van der Waals surface area contributed by atoms with Crippen LogP contribution in [0.5, 0.6) is 0 Å². The molecule has 0 aliphatic heterocycles. The summed E-state index contributed by atoms with van der Waals surface area (Å²) in [5.74, 6) is -0.597. The van der Waals surface area contributed by atoms with E-state index in [1.165, 1.54) is 18.4 Å². The van der Waals surface area contributed by atoms with Crippen molar-refractivity contribution < 1.29 is 8.60 Å². The predicted molar refractivity (Wildman–Crippen MR) is 131 cm³/mol. The van der Waals surface area contributed by atoms with Crippen molar-refractivity contribution in [2.24, 2.45) is 5.14 Å². The van der Waals surface area contributed by atoms with Gasteiger partial charge in [-0.05, 0) is 55.3 Å². The van der Waals surface area contributed by atoms with Crippen LogP contribution in [0.4, 0.5) is 4.39 Å². The lowest BCUT2D eigenvalue weighted by Gasteiger charge is -2.33. The number of benzene rings is 2. The van der Waals surface area contributed by atoms with Gasteiger partial charge in [0.15, 0.2) is 0 Å². The van der Waals surface area contributed by atoms with Gasteiger partial charge in [0, 0.05) is 32.2 Å². The molecule has 4 aromatic rings. The van der Waals surface area contributed by atoms with Crippen molar-refractivity contribution in [3.05, 3.63) is 82.2 Å². The average molecular weight is 488 g/mol. The molecule has 0 radical (unpaired) electrons. The molecule has 32 heavy (non-hydrogen) atoms. The first-order valence-electron chi connectivity index (χ1n) is 10.0. The van der Waals surface area contributed by atoms with Crippen LogP contribution in [0.15, 0.2) is 70.7 Å². The summed E-state index contributed by atoms with van der Waals surface area (Å²) in [6.45, 7) is 4.11. The van der Waals surface area contributed by atoms with E-state index in [-0.39, 0.29) is 14.9 Å². The highest BCUT2D eigenvalue weighted by atomic mass is 35.5. The van der Waals surface area contributed by atoms with Gasteiger partial charge in [-0.15, -0.1) is 11.3 Å². The summed E-state index contributed by atoms with van der Waals surface area (Å²) in [7, 11) is -4.11. The minimum Gasteiger partial charge on any atom is -0.263 e. The highest BCUT2D eigenvalue weighted by Gasteiger charge is 2.34. The first-order valence-corrected chi connectivity index (χ1v) is 13.6. The van der Waals surface area contributed by atoms with Gasteiger partial charge in [0.05, 0.1) is 20.6 Å². The van der Waals surface area contributed by atoms with Crippen LogP contribution in [0.1, 0.15) is 17.5 Å². The van der Waals surface area contributed by atoms with Gasteiger partial charge in [0.2, 0.25) is 0 Å². The fraction of sp³-hybridized carbons (Fsp3) is 0.167. The third-order valence-corrected chi connectivity index (χ3v) is 9.49. The molecule has 0 bridgehead atoms. The number of hydrogen-bond donors (Lipinski definition) is 1. The van der Waals surface area contributed by atoms with Crippen LogP contribution >= 0.6 is 22.9 Å². The van der Waals surface area contributed by atoms with Crippen LogP contribution in [-0.2, 0) is 15.7 Å². The fourth-order valence-corrected chi connectivity index (χ4v) is 6.51. The maximum absolute atomic E-state index is 14.0. The molecule has 2 heterocycles. The normalized spacial score (nSPS) is 13.0. The van der Waals surface area contributed by atoms with Crippen molar-refractivity contribution in [3.8, 4) is 21.7 Å². The molecule has 0 unspecified atom stereocenters. The Morgan fingerprint density at radius 1 is 1.12 bits per heavy atom. The molecule has 0 saturated heterocycles. The maximum atomic E-state index is 14.0. The first-order chi connectivity index (χ1) is 15.1. The van der Waals surface area contributed by atoms with E-state index in [4.69, 9.17) is 21.7 Å². The molecular formula is C24H23ClFN3OS2. The topological polar surface area (TPSA) is 68.9 Å². The fourth-order valence-electron chi connectivity index (χ4n) is 3.44. The Hall–Kier alpha value is -2.45. The number of aromatic nitrogens is 2. The summed E-state index contributed by atoms with van der Waals surface area (Å²) in [5, 5.41) is 7.54. The number of halogens is 2. The van der Waals surface area contributed by atoms with Crippen molar-refractivity contribution >= 4 is 32.2 Å². The van der Waals surface area contributed by atoms with Crippen LogP contribution in [0.3, 0.4) is 0 Å². The molecule has 0 aliphatic rings. The van der Waals surface area contributed by atoms with E-state index in [1.807, 2.05) is 31.2 Å². The van der Waals surface area contributed by atoms with Crippen molar-refractivity contribution in [3.63, 3.8) is 0 Å². The molecule has 2 aromatic heterocycles. The molecule has 0 aliphatic carbocycles. The minimum atomic E-state index is -4.11. The third kappa shape index (κ3) is 4.13. The average Bonchev–Trinajstić information content (AvgIpc) is 3.20. The molecule has 4 rings (SSSR count).